The summed E-state index contributed by atoms with van der Waals surface area (Å²) in [6.07, 6.45) is 11.9. The molecule has 2 aromatic heterocycles. The zero-order valence-electron chi connectivity index (χ0n) is 12.2. The van der Waals surface area contributed by atoms with Crippen molar-refractivity contribution in [2.75, 3.05) is 0 Å². The fourth-order valence-corrected chi connectivity index (χ4v) is 2.68. The quantitative estimate of drug-likeness (QED) is 0.665. The molecule has 19 heavy (non-hydrogen) atoms. The zero-order valence-corrected chi connectivity index (χ0v) is 12.2. The smallest absolute Gasteiger partial charge is 0.155 e. The highest BCUT2D eigenvalue weighted by Crippen LogP contribution is 2.16. The van der Waals surface area contributed by atoms with Crippen molar-refractivity contribution in [3.8, 4) is 0 Å². The van der Waals surface area contributed by atoms with Gasteiger partial charge in [0.1, 0.15) is 6.33 Å². The minimum atomic E-state index is 0.962. The first-order valence-corrected chi connectivity index (χ1v) is 7.67. The molecule has 0 spiro atoms. The largest absolute Gasteiger partial charge is 0.218 e. The van der Waals surface area contributed by atoms with Gasteiger partial charge in [0.15, 0.2) is 5.65 Å². The van der Waals surface area contributed by atoms with E-state index >= 15 is 0 Å². The summed E-state index contributed by atoms with van der Waals surface area (Å²) in [5.74, 6) is 0. The van der Waals surface area contributed by atoms with Crippen LogP contribution in [0, 0.1) is 0 Å². The van der Waals surface area contributed by atoms with Crippen LogP contribution in [0.1, 0.15) is 63.6 Å². The summed E-state index contributed by atoms with van der Waals surface area (Å²) >= 11 is 0. The number of hydrogen-bond acceptors (Lipinski definition) is 2. The normalized spacial score (nSPS) is 11.3. The van der Waals surface area contributed by atoms with Crippen molar-refractivity contribution in [1.82, 2.24) is 14.6 Å². The molecule has 0 aliphatic rings. The summed E-state index contributed by atoms with van der Waals surface area (Å²) in [5.41, 5.74) is 3.73. The van der Waals surface area contributed by atoms with Crippen molar-refractivity contribution in [1.29, 1.82) is 0 Å². The van der Waals surface area contributed by atoms with Gasteiger partial charge in [0.2, 0.25) is 0 Å². The van der Waals surface area contributed by atoms with E-state index in [1.165, 1.54) is 56.2 Å². The SMILES string of the molecule is CCCCCCCCc1ccc2ncnn2c1CC. The van der Waals surface area contributed by atoms with E-state index in [9.17, 15) is 0 Å². The lowest BCUT2D eigenvalue weighted by Crippen LogP contribution is -2.03. The molecular formula is C16H25N3. The average Bonchev–Trinajstić information content (AvgIpc) is 2.90. The lowest BCUT2D eigenvalue weighted by atomic mass is 10.0. The van der Waals surface area contributed by atoms with Crippen molar-refractivity contribution in [2.45, 2.75) is 65.2 Å². The van der Waals surface area contributed by atoms with Gasteiger partial charge in [0.25, 0.3) is 0 Å². The zero-order chi connectivity index (χ0) is 13.5. The molecule has 3 heteroatoms. The number of unbranched alkanes of at least 4 members (excludes halogenated alkanes) is 5. The van der Waals surface area contributed by atoms with Crippen molar-refractivity contribution in [2.24, 2.45) is 0 Å². The fourth-order valence-electron chi connectivity index (χ4n) is 2.68. The van der Waals surface area contributed by atoms with Crippen LogP contribution in [0.25, 0.3) is 5.65 Å². The summed E-state index contributed by atoms with van der Waals surface area (Å²) in [7, 11) is 0. The molecule has 0 atom stereocenters. The number of rotatable bonds is 8. The molecule has 0 fully saturated rings. The Kier molecular flexibility index (Phi) is 5.37. The second kappa shape index (κ2) is 7.27. The van der Waals surface area contributed by atoms with Crippen LogP contribution in [0.15, 0.2) is 18.5 Å². The highest BCUT2D eigenvalue weighted by atomic mass is 15.3. The molecule has 2 rings (SSSR count). The van der Waals surface area contributed by atoms with Crippen LogP contribution in [-0.2, 0) is 12.8 Å². The van der Waals surface area contributed by atoms with Crippen LogP contribution in [-0.4, -0.2) is 14.6 Å². The second-order valence-electron chi connectivity index (χ2n) is 5.21. The van der Waals surface area contributed by atoms with E-state index in [4.69, 9.17) is 0 Å². The maximum atomic E-state index is 4.32. The Morgan fingerprint density at radius 1 is 1.00 bits per heavy atom. The number of aromatic nitrogens is 3. The molecule has 0 radical (unpaired) electrons. The third-order valence-corrected chi connectivity index (χ3v) is 3.77. The van der Waals surface area contributed by atoms with Gasteiger partial charge in [-0.15, -0.1) is 0 Å². The maximum absolute atomic E-state index is 4.32. The third-order valence-electron chi connectivity index (χ3n) is 3.77. The van der Waals surface area contributed by atoms with Gasteiger partial charge in [-0.25, -0.2) is 9.50 Å². The van der Waals surface area contributed by atoms with E-state index in [0.29, 0.717) is 0 Å². The van der Waals surface area contributed by atoms with Crippen LogP contribution in [0.2, 0.25) is 0 Å². The van der Waals surface area contributed by atoms with E-state index < -0.39 is 0 Å². The standard InChI is InChI=1S/C16H25N3/c1-3-5-6-7-8-9-10-14-11-12-16-17-13-18-19(16)15(14)4-2/h11-13H,3-10H2,1-2H3. The van der Waals surface area contributed by atoms with Crippen LogP contribution >= 0.6 is 0 Å². The van der Waals surface area contributed by atoms with E-state index in [2.05, 4.69) is 36.1 Å². The number of hydrogen-bond donors (Lipinski definition) is 0. The van der Waals surface area contributed by atoms with Crippen molar-refractivity contribution < 1.29 is 0 Å². The molecule has 0 saturated heterocycles. The third kappa shape index (κ3) is 3.55. The molecule has 3 nitrogen and oxygen atoms in total. The lowest BCUT2D eigenvalue weighted by molar-refractivity contribution is 0.605. The average molecular weight is 259 g/mol. The lowest BCUT2D eigenvalue weighted by Gasteiger charge is -2.09. The van der Waals surface area contributed by atoms with Gasteiger partial charge in [-0.2, -0.15) is 5.10 Å². The summed E-state index contributed by atoms with van der Waals surface area (Å²) in [6.45, 7) is 4.46. The number of fused-ring (bicyclic) bond motifs is 1. The van der Waals surface area contributed by atoms with E-state index in [1.807, 2.05) is 4.52 Å². The van der Waals surface area contributed by atoms with Gasteiger partial charge in [0.05, 0.1) is 0 Å². The van der Waals surface area contributed by atoms with Crippen LogP contribution in [0.3, 0.4) is 0 Å². The van der Waals surface area contributed by atoms with Gasteiger partial charge in [-0.3, -0.25) is 0 Å². The van der Waals surface area contributed by atoms with Crippen molar-refractivity contribution >= 4 is 5.65 Å². The van der Waals surface area contributed by atoms with E-state index in [-0.39, 0.29) is 0 Å². The van der Waals surface area contributed by atoms with Crippen LogP contribution < -0.4 is 0 Å². The number of nitrogens with zero attached hydrogens (tertiary/aromatic N) is 3. The summed E-state index contributed by atoms with van der Waals surface area (Å²) in [4.78, 5) is 4.25. The highest BCUT2D eigenvalue weighted by molar-refractivity contribution is 5.41. The molecular weight excluding hydrogens is 234 g/mol. The van der Waals surface area contributed by atoms with Crippen LogP contribution in [0.4, 0.5) is 0 Å². The fraction of sp³-hybridized carbons (Fsp3) is 0.625. The first-order chi connectivity index (χ1) is 9.36. The molecule has 0 aliphatic carbocycles. The Morgan fingerprint density at radius 3 is 2.58 bits per heavy atom. The number of aryl methyl sites for hydroxylation is 2. The minimum Gasteiger partial charge on any atom is -0.218 e. The molecule has 0 unspecified atom stereocenters. The molecule has 0 aliphatic heterocycles. The summed E-state index contributed by atoms with van der Waals surface area (Å²) < 4.78 is 1.99. The Morgan fingerprint density at radius 2 is 1.79 bits per heavy atom. The van der Waals surface area contributed by atoms with E-state index in [1.54, 1.807) is 6.33 Å². The van der Waals surface area contributed by atoms with Gasteiger partial charge in [0, 0.05) is 5.69 Å². The summed E-state index contributed by atoms with van der Waals surface area (Å²) in [6, 6.07) is 4.31. The Hall–Kier alpha value is -1.38. The molecule has 0 aromatic carbocycles. The Labute approximate surface area is 116 Å². The molecule has 0 bridgehead atoms. The molecule has 2 aromatic rings. The van der Waals surface area contributed by atoms with E-state index in [0.717, 1.165) is 12.1 Å². The molecule has 2 heterocycles. The van der Waals surface area contributed by atoms with Gasteiger partial charge < -0.3 is 0 Å². The Balaban J connectivity index is 1.92. The molecule has 104 valence electrons. The van der Waals surface area contributed by atoms with Gasteiger partial charge >= 0.3 is 0 Å². The molecule has 0 amide bonds. The monoisotopic (exact) mass is 259 g/mol. The van der Waals surface area contributed by atoms with Crippen molar-refractivity contribution in [3.05, 3.63) is 29.7 Å². The van der Waals surface area contributed by atoms with Crippen molar-refractivity contribution in [3.63, 3.8) is 0 Å². The predicted molar refractivity (Wildman–Crippen MR) is 79.4 cm³/mol. The molecule has 0 saturated carbocycles. The van der Waals surface area contributed by atoms with Crippen LogP contribution in [0.5, 0.6) is 0 Å². The van der Waals surface area contributed by atoms with Gasteiger partial charge in [-0.05, 0) is 30.9 Å². The number of pyridine rings is 1. The molecule has 0 N–H and O–H groups in total. The maximum Gasteiger partial charge on any atom is 0.155 e. The Bertz CT molecular complexity index is 502. The topological polar surface area (TPSA) is 30.2 Å². The van der Waals surface area contributed by atoms with Gasteiger partial charge in [-0.1, -0.05) is 52.0 Å². The minimum absolute atomic E-state index is 0.962. The first-order valence-electron chi connectivity index (χ1n) is 7.67. The second-order valence-corrected chi connectivity index (χ2v) is 5.21. The highest BCUT2D eigenvalue weighted by Gasteiger charge is 2.07. The predicted octanol–water partition coefficient (Wildman–Crippen LogP) is 4.19. The first kappa shape index (κ1) is 14.0. The summed E-state index contributed by atoms with van der Waals surface area (Å²) in [5, 5.41) is 4.32.